The summed E-state index contributed by atoms with van der Waals surface area (Å²) < 4.78 is 5.19. The van der Waals surface area contributed by atoms with Crippen LogP contribution in [0.3, 0.4) is 0 Å². The van der Waals surface area contributed by atoms with Crippen LogP contribution in [0.25, 0.3) is 0 Å². The number of benzene rings is 1. The Bertz CT molecular complexity index is 346. The van der Waals surface area contributed by atoms with Gasteiger partial charge in [0.2, 0.25) is 5.91 Å². The highest BCUT2D eigenvalue weighted by Crippen LogP contribution is 2.03. The number of rotatable bonds is 8. The molecule has 100 valence electrons. The lowest BCUT2D eigenvalue weighted by molar-refractivity contribution is -0.121. The van der Waals surface area contributed by atoms with Crippen molar-refractivity contribution in [2.75, 3.05) is 19.8 Å². The van der Waals surface area contributed by atoms with Crippen LogP contribution in [-0.4, -0.2) is 25.7 Å². The predicted octanol–water partition coefficient (Wildman–Crippen LogP) is 2.47. The van der Waals surface area contributed by atoms with E-state index in [0.29, 0.717) is 19.6 Å². The molecule has 0 spiro atoms. The van der Waals surface area contributed by atoms with Gasteiger partial charge in [0.1, 0.15) is 0 Å². The van der Waals surface area contributed by atoms with Crippen molar-refractivity contribution in [1.82, 2.24) is 5.32 Å². The predicted molar refractivity (Wildman–Crippen MR) is 73.6 cm³/mol. The normalized spacial score (nSPS) is 10.3. The van der Waals surface area contributed by atoms with Gasteiger partial charge in [0.25, 0.3) is 0 Å². The second-order valence-electron chi connectivity index (χ2n) is 4.39. The number of carbonyl (C=O) groups is 1. The van der Waals surface area contributed by atoms with Gasteiger partial charge < -0.3 is 10.1 Å². The van der Waals surface area contributed by atoms with Crippen molar-refractivity contribution < 1.29 is 9.53 Å². The second kappa shape index (κ2) is 8.70. The molecule has 1 aromatic rings. The SMILES string of the molecule is CCOCCCC(=O)NCCc1ccc(C)cc1. The van der Waals surface area contributed by atoms with Crippen molar-refractivity contribution in [2.45, 2.75) is 33.1 Å². The topological polar surface area (TPSA) is 38.3 Å². The standard InChI is InChI=1S/C15H23NO2/c1-3-18-12-4-5-15(17)16-11-10-14-8-6-13(2)7-9-14/h6-9H,3-5,10-12H2,1-2H3,(H,16,17). The van der Waals surface area contributed by atoms with Gasteiger partial charge in [0.05, 0.1) is 0 Å². The van der Waals surface area contributed by atoms with Crippen LogP contribution in [0.1, 0.15) is 30.9 Å². The van der Waals surface area contributed by atoms with Crippen molar-refractivity contribution in [3.05, 3.63) is 35.4 Å². The Morgan fingerprint density at radius 1 is 1.28 bits per heavy atom. The van der Waals surface area contributed by atoms with Crippen molar-refractivity contribution in [3.8, 4) is 0 Å². The number of hydrogen-bond acceptors (Lipinski definition) is 2. The number of aryl methyl sites for hydroxylation is 1. The van der Waals surface area contributed by atoms with Crippen LogP contribution in [0, 0.1) is 6.92 Å². The number of ether oxygens (including phenoxy) is 1. The Labute approximate surface area is 110 Å². The Balaban J connectivity index is 2.10. The zero-order valence-corrected chi connectivity index (χ0v) is 11.4. The summed E-state index contributed by atoms with van der Waals surface area (Å²) in [5.41, 5.74) is 2.52. The summed E-state index contributed by atoms with van der Waals surface area (Å²) in [5, 5.41) is 2.93. The molecule has 0 atom stereocenters. The molecule has 0 bridgehead atoms. The smallest absolute Gasteiger partial charge is 0.220 e. The molecular formula is C15H23NO2. The molecule has 0 saturated heterocycles. The summed E-state index contributed by atoms with van der Waals surface area (Å²) in [6.45, 7) is 6.12. The van der Waals surface area contributed by atoms with E-state index in [9.17, 15) is 4.79 Å². The fourth-order valence-corrected chi connectivity index (χ4v) is 1.67. The number of hydrogen-bond donors (Lipinski definition) is 1. The molecule has 0 aliphatic rings. The average molecular weight is 249 g/mol. The summed E-state index contributed by atoms with van der Waals surface area (Å²) in [7, 11) is 0. The fraction of sp³-hybridized carbons (Fsp3) is 0.533. The van der Waals surface area contributed by atoms with E-state index in [4.69, 9.17) is 4.74 Å². The maximum Gasteiger partial charge on any atom is 0.220 e. The second-order valence-corrected chi connectivity index (χ2v) is 4.39. The van der Waals surface area contributed by atoms with E-state index in [1.807, 2.05) is 6.92 Å². The van der Waals surface area contributed by atoms with E-state index >= 15 is 0 Å². The molecule has 0 aliphatic heterocycles. The van der Waals surface area contributed by atoms with E-state index in [1.165, 1.54) is 11.1 Å². The molecule has 3 heteroatoms. The molecule has 0 saturated carbocycles. The van der Waals surface area contributed by atoms with Gasteiger partial charge >= 0.3 is 0 Å². The third kappa shape index (κ3) is 6.40. The fourth-order valence-electron chi connectivity index (χ4n) is 1.67. The average Bonchev–Trinajstić information content (AvgIpc) is 2.37. The van der Waals surface area contributed by atoms with Crippen molar-refractivity contribution in [2.24, 2.45) is 0 Å². The molecule has 18 heavy (non-hydrogen) atoms. The Kier molecular flexibility index (Phi) is 7.11. The summed E-state index contributed by atoms with van der Waals surface area (Å²) >= 11 is 0. The van der Waals surface area contributed by atoms with Crippen LogP contribution in [0.15, 0.2) is 24.3 Å². The summed E-state index contributed by atoms with van der Waals surface area (Å²) in [6, 6.07) is 8.41. The lowest BCUT2D eigenvalue weighted by Crippen LogP contribution is -2.25. The summed E-state index contributed by atoms with van der Waals surface area (Å²) in [6.07, 6.45) is 2.23. The highest BCUT2D eigenvalue weighted by Gasteiger charge is 2.00. The molecule has 0 aromatic heterocycles. The number of carbonyl (C=O) groups excluding carboxylic acids is 1. The summed E-state index contributed by atoms with van der Waals surface area (Å²) in [5.74, 6) is 0.113. The molecule has 0 aliphatic carbocycles. The Hall–Kier alpha value is -1.35. The quantitative estimate of drug-likeness (QED) is 0.719. The van der Waals surface area contributed by atoms with Gasteiger partial charge in [-0.25, -0.2) is 0 Å². The van der Waals surface area contributed by atoms with E-state index in [1.54, 1.807) is 0 Å². The van der Waals surface area contributed by atoms with Crippen LogP contribution in [0.5, 0.6) is 0 Å². The van der Waals surface area contributed by atoms with Crippen LogP contribution in [0.2, 0.25) is 0 Å². The maximum atomic E-state index is 11.5. The Morgan fingerprint density at radius 3 is 2.67 bits per heavy atom. The largest absolute Gasteiger partial charge is 0.382 e. The highest BCUT2D eigenvalue weighted by molar-refractivity contribution is 5.75. The molecule has 0 radical (unpaired) electrons. The van der Waals surface area contributed by atoms with Gasteiger partial charge in [0, 0.05) is 26.2 Å². The Morgan fingerprint density at radius 2 is 2.00 bits per heavy atom. The van der Waals surface area contributed by atoms with E-state index in [2.05, 4.69) is 36.5 Å². The third-order valence-corrected chi connectivity index (χ3v) is 2.75. The third-order valence-electron chi connectivity index (χ3n) is 2.75. The summed E-state index contributed by atoms with van der Waals surface area (Å²) in [4.78, 5) is 11.5. The minimum absolute atomic E-state index is 0.113. The zero-order valence-electron chi connectivity index (χ0n) is 11.4. The van der Waals surface area contributed by atoms with Crippen LogP contribution in [-0.2, 0) is 16.0 Å². The van der Waals surface area contributed by atoms with Gasteiger partial charge in [-0.2, -0.15) is 0 Å². The van der Waals surface area contributed by atoms with E-state index in [-0.39, 0.29) is 5.91 Å². The lowest BCUT2D eigenvalue weighted by atomic mass is 10.1. The number of amides is 1. The van der Waals surface area contributed by atoms with Crippen molar-refractivity contribution in [3.63, 3.8) is 0 Å². The van der Waals surface area contributed by atoms with Crippen molar-refractivity contribution >= 4 is 5.91 Å². The van der Waals surface area contributed by atoms with Crippen LogP contribution < -0.4 is 5.32 Å². The molecule has 3 nitrogen and oxygen atoms in total. The first kappa shape index (κ1) is 14.7. The van der Waals surface area contributed by atoms with Crippen LogP contribution in [0.4, 0.5) is 0 Å². The highest BCUT2D eigenvalue weighted by atomic mass is 16.5. The zero-order chi connectivity index (χ0) is 13.2. The molecule has 0 fully saturated rings. The lowest BCUT2D eigenvalue weighted by Gasteiger charge is -2.06. The number of nitrogens with one attached hydrogen (secondary N) is 1. The molecule has 0 heterocycles. The van der Waals surface area contributed by atoms with E-state index < -0.39 is 0 Å². The van der Waals surface area contributed by atoms with Gasteiger partial charge in [-0.1, -0.05) is 29.8 Å². The molecule has 1 N–H and O–H groups in total. The minimum Gasteiger partial charge on any atom is -0.382 e. The van der Waals surface area contributed by atoms with Gasteiger partial charge in [0.15, 0.2) is 0 Å². The van der Waals surface area contributed by atoms with Gasteiger partial charge in [-0.05, 0) is 32.3 Å². The molecular weight excluding hydrogens is 226 g/mol. The first-order valence-electron chi connectivity index (χ1n) is 6.62. The molecule has 1 rings (SSSR count). The van der Waals surface area contributed by atoms with Gasteiger partial charge in [-0.15, -0.1) is 0 Å². The van der Waals surface area contributed by atoms with Gasteiger partial charge in [-0.3, -0.25) is 4.79 Å². The van der Waals surface area contributed by atoms with Crippen LogP contribution >= 0.6 is 0 Å². The molecule has 1 aromatic carbocycles. The first-order chi connectivity index (χ1) is 8.72. The minimum atomic E-state index is 0.113. The molecule has 0 unspecified atom stereocenters. The molecule has 1 amide bonds. The first-order valence-corrected chi connectivity index (χ1v) is 6.62. The monoisotopic (exact) mass is 249 g/mol. The van der Waals surface area contributed by atoms with E-state index in [0.717, 1.165) is 19.4 Å². The maximum absolute atomic E-state index is 11.5. The van der Waals surface area contributed by atoms with Crippen molar-refractivity contribution in [1.29, 1.82) is 0 Å².